The highest BCUT2D eigenvalue weighted by Crippen LogP contribution is 2.19. The molecule has 1 amide bonds. The number of para-hydroxylation sites is 1. The van der Waals surface area contributed by atoms with E-state index < -0.39 is 5.97 Å². The van der Waals surface area contributed by atoms with Crippen molar-refractivity contribution in [3.63, 3.8) is 0 Å². The summed E-state index contributed by atoms with van der Waals surface area (Å²) in [6.45, 7) is 4.28. The normalized spacial score (nSPS) is 10.6. The first-order chi connectivity index (χ1) is 12.5. The standard InChI is InChI=1S/C19H19N3O3S/c1-12-15(13(2)22(21-12)14-7-5-4-6-8-14)11-20-18(23)16-9-10-17(26-16)19(24)25-3/h4-10H,11H2,1-3H3,(H,20,23). The summed E-state index contributed by atoms with van der Waals surface area (Å²) in [4.78, 5) is 24.7. The van der Waals surface area contributed by atoms with Gasteiger partial charge >= 0.3 is 5.97 Å². The van der Waals surface area contributed by atoms with Crippen LogP contribution in [0.5, 0.6) is 0 Å². The number of hydrogen-bond donors (Lipinski definition) is 1. The van der Waals surface area contributed by atoms with Gasteiger partial charge in [0.25, 0.3) is 5.91 Å². The number of ether oxygens (including phenoxy) is 1. The summed E-state index contributed by atoms with van der Waals surface area (Å²) in [5.41, 5.74) is 3.81. The van der Waals surface area contributed by atoms with Gasteiger partial charge < -0.3 is 10.1 Å². The molecular formula is C19H19N3O3S. The van der Waals surface area contributed by atoms with Gasteiger partial charge in [-0.1, -0.05) is 18.2 Å². The fourth-order valence-electron chi connectivity index (χ4n) is 2.68. The highest BCUT2D eigenvalue weighted by atomic mass is 32.1. The Morgan fingerprint density at radius 1 is 1.12 bits per heavy atom. The lowest BCUT2D eigenvalue weighted by atomic mass is 10.2. The van der Waals surface area contributed by atoms with E-state index in [-0.39, 0.29) is 5.91 Å². The zero-order chi connectivity index (χ0) is 18.7. The molecule has 134 valence electrons. The van der Waals surface area contributed by atoms with E-state index in [0.717, 1.165) is 34.0 Å². The summed E-state index contributed by atoms with van der Waals surface area (Å²) >= 11 is 1.11. The van der Waals surface area contributed by atoms with Crippen LogP contribution < -0.4 is 5.32 Å². The first-order valence-electron chi connectivity index (χ1n) is 8.08. The summed E-state index contributed by atoms with van der Waals surface area (Å²) in [5.74, 6) is -0.665. The van der Waals surface area contributed by atoms with E-state index in [1.165, 1.54) is 7.11 Å². The van der Waals surface area contributed by atoms with Crippen LogP contribution in [0.25, 0.3) is 5.69 Å². The van der Waals surface area contributed by atoms with Crippen molar-refractivity contribution >= 4 is 23.2 Å². The van der Waals surface area contributed by atoms with E-state index in [1.807, 2.05) is 48.9 Å². The highest BCUT2D eigenvalue weighted by molar-refractivity contribution is 7.15. The van der Waals surface area contributed by atoms with Crippen molar-refractivity contribution in [2.75, 3.05) is 7.11 Å². The molecule has 0 unspecified atom stereocenters. The Labute approximate surface area is 155 Å². The van der Waals surface area contributed by atoms with Gasteiger partial charge in [0, 0.05) is 17.8 Å². The maximum Gasteiger partial charge on any atom is 0.348 e. The second kappa shape index (κ2) is 7.53. The molecule has 0 fully saturated rings. The number of carbonyl (C=O) groups excluding carboxylic acids is 2. The van der Waals surface area contributed by atoms with Gasteiger partial charge in [-0.05, 0) is 38.1 Å². The second-order valence-corrected chi connectivity index (χ2v) is 6.82. The SMILES string of the molecule is COC(=O)c1ccc(C(=O)NCc2c(C)nn(-c3ccccc3)c2C)s1. The van der Waals surface area contributed by atoms with Crippen molar-refractivity contribution in [1.82, 2.24) is 15.1 Å². The van der Waals surface area contributed by atoms with Crippen LogP contribution in [0.1, 0.15) is 36.3 Å². The Bertz CT molecular complexity index is 944. The first-order valence-corrected chi connectivity index (χ1v) is 8.89. The van der Waals surface area contributed by atoms with E-state index in [0.29, 0.717) is 16.3 Å². The van der Waals surface area contributed by atoms with Gasteiger partial charge in [0.05, 0.1) is 23.4 Å². The molecule has 0 aliphatic heterocycles. The summed E-state index contributed by atoms with van der Waals surface area (Å²) in [7, 11) is 1.32. The Morgan fingerprint density at radius 2 is 1.81 bits per heavy atom. The average Bonchev–Trinajstić information content (AvgIpc) is 3.25. The minimum Gasteiger partial charge on any atom is -0.465 e. The monoisotopic (exact) mass is 369 g/mol. The van der Waals surface area contributed by atoms with E-state index >= 15 is 0 Å². The summed E-state index contributed by atoms with van der Waals surface area (Å²) < 4.78 is 6.54. The number of amides is 1. The lowest BCUT2D eigenvalue weighted by molar-refractivity contribution is 0.0606. The summed E-state index contributed by atoms with van der Waals surface area (Å²) in [5, 5.41) is 7.47. The molecule has 1 N–H and O–H groups in total. The van der Waals surface area contributed by atoms with Crippen molar-refractivity contribution in [3.8, 4) is 5.69 Å². The number of thiophene rings is 1. The molecule has 0 radical (unpaired) electrons. The lowest BCUT2D eigenvalue weighted by Crippen LogP contribution is -2.22. The van der Waals surface area contributed by atoms with Crippen LogP contribution in [0.4, 0.5) is 0 Å². The Balaban J connectivity index is 1.74. The first kappa shape index (κ1) is 17.9. The molecule has 0 aliphatic rings. The molecule has 0 atom stereocenters. The van der Waals surface area contributed by atoms with Crippen LogP contribution in [0.15, 0.2) is 42.5 Å². The molecule has 26 heavy (non-hydrogen) atoms. The molecule has 3 rings (SSSR count). The lowest BCUT2D eigenvalue weighted by Gasteiger charge is -2.06. The quantitative estimate of drug-likeness (QED) is 0.701. The van der Waals surface area contributed by atoms with Crippen molar-refractivity contribution in [1.29, 1.82) is 0 Å². The van der Waals surface area contributed by atoms with Crippen LogP contribution >= 0.6 is 11.3 Å². The largest absolute Gasteiger partial charge is 0.465 e. The summed E-state index contributed by atoms with van der Waals surface area (Å²) in [6, 6.07) is 13.1. The zero-order valence-electron chi connectivity index (χ0n) is 14.8. The number of benzene rings is 1. The minimum absolute atomic E-state index is 0.226. The number of nitrogens with zero attached hydrogens (tertiary/aromatic N) is 2. The predicted molar refractivity (Wildman–Crippen MR) is 99.9 cm³/mol. The Morgan fingerprint density at radius 3 is 2.50 bits per heavy atom. The molecule has 0 bridgehead atoms. The van der Waals surface area contributed by atoms with E-state index in [1.54, 1.807) is 12.1 Å². The molecule has 7 heteroatoms. The van der Waals surface area contributed by atoms with Gasteiger partial charge in [-0.3, -0.25) is 4.79 Å². The Kier molecular flexibility index (Phi) is 5.18. The predicted octanol–water partition coefficient (Wildman–Crippen LogP) is 3.27. The molecule has 0 spiro atoms. The Hall–Kier alpha value is -2.93. The zero-order valence-corrected chi connectivity index (χ0v) is 15.6. The van der Waals surface area contributed by atoms with Gasteiger partial charge in [-0.2, -0.15) is 5.10 Å². The van der Waals surface area contributed by atoms with E-state index in [2.05, 4.69) is 15.2 Å². The molecule has 3 aromatic rings. The van der Waals surface area contributed by atoms with Crippen molar-refractivity contribution in [2.24, 2.45) is 0 Å². The van der Waals surface area contributed by atoms with E-state index in [9.17, 15) is 9.59 Å². The number of esters is 1. The van der Waals surface area contributed by atoms with Crippen LogP contribution in [0.3, 0.4) is 0 Å². The van der Waals surface area contributed by atoms with Crippen LogP contribution in [-0.4, -0.2) is 28.8 Å². The van der Waals surface area contributed by atoms with Gasteiger partial charge in [0.15, 0.2) is 0 Å². The van der Waals surface area contributed by atoms with Crippen molar-refractivity contribution in [2.45, 2.75) is 20.4 Å². The molecule has 2 aromatic heterocycles. The molecule has 1 aromatic carbocycles. The fourth-order valence-corrected chi connectivity index (χ4v) is 3.52. The maximum absolute atomic E-state index is 12.4. The number of nitrogens with one attached hydrogen (secondary N) is 1. The molecule has 0 aliphatic carbocycles. The van der Waals surface area contributed by atoms with Gasteiger partial charge in [-0.25, -0.2) is 9.48 Å². The molecule has 0 saturated carbocycles. The van der Waals surface area contributed by atoms with Crippen LogP contribution in [0, 0.1) is 13.8 Å². The fraction of sp³-hybridized carbons (Fsp3) is 0.211. The number of carbonyl (C=O) groups is 2. The molecular weight excluding hydrogens is 350 g/mol. The van der Waals surface area contributed by atoms with E-state index in [4.69, 9.17) is 0 Å². The van der Waals surface area contributed by atoms with Gasteiger partial charge in [-0.15, -0.1) is 11.3 Å². The topological polar surface area (TPSA) is 73.2 Å². The molecule has 6 nitrogen and oxygen atoms in total. The van der Waals surface area contributed by atoms with Crippen LogP contribution in [-0.2, 0) is 11.3 Å². The third kappa shape index (κ3) is 3.52. The van der Waals surface area contributed by atoms with Gasteiger partial charge in [0.1, 0.15) is 4.88 Å². The maximum atomic E-state index is 12.4. The second-order valence-electron chi connectivity index (χ2n) is 5.73. The highest BCUT2D eigenvalue weighted by Gasteiger charge is 2.16. The number of rotatable bonds is 5. The van der Waals surface area contributed by atoms with Crippen molar-refractivity contribution in [3.05, 3.63) is 69.2 Å². The number of methoxy groups -OCH3 is 1. The smallest absolute Gasteiger partial charge is 0.348 e. The molecule has 0 saturated heterocycles. The molecule has 2 heterocycles. The van der Waals surface area contributed by atoms with Crippen LogP contribution in [0.2, 0.25) is 0 Å². The summed E-state index contributed by atoms with van der Waals surface area (Å²) in [6.07, 6.45) is 0. The average molecular weight is 369 g/mol. The van der Waals surface area contributed by atoms with Gasteiger partial charge in [0.2, 0.25) is 0 Å². The van der Waals surface area contributed by atoms with Crippen molar-refractivity contribution < 1.29 is 14.3 Å². The number of aryl methyl sites for hydroxylation is 1. The number of hydrogen-bond acceptors (Lipinski definition) is 5. The minimum atomic E-state index is -0.440. The third-order valence-electron chi connectivity index (χ3n) is 4.08. The number of aromatic nitrogens is 2. The third-order valence-corrected chi connectivity index (χ3v) is 5.15.